The quantitative estimate of drug-likeness (QED) is 0.474. The molecule has 0 bridgehead atoms. The van der Waals surface area contributed by atoms with Crippen LogP contribution in [0.5, 0.6) is 0 Å². The zero-order valence-corrected chi connectivity index (χ0v) is 8.18. The van der Waals surface area contributed by atoms with Crippen molar-refractivity contribution in [2.45, 2.75) is 13.8 Å². The Labute approximate surface area is 74.2 Å². The van der Waals surface area contributed by atoms with Crippen LogP contribution >= 0.6 is 0 Å². The van der Waals surface area contributed by atoms with Gasteiger partial charge in [0.1, 0.15) is 0 Å². The van der Waals surface area contributed by atoms with E-state index in [-0.39, 0.29) is 0 Å². The molecule has 0 saturated heterocycles. The molecule has 0 aromatic heterocycles. The van der Waals surface area contributed by atoms with Crippen molar-refractivity contribution in [3.05, 3.63) is 35.8 Å². The van der Waals surface area contributed by atoms with Gasteiger partial charge in [-0.2, -0.15) is 0 Å². The Morgan fingerprint density at radius 1 is 1.08 bits per heavy atom. The molecule has 0 rings (SSSR count). The first-order valence-electron chi connectivity index (χ1n) is 3.75. The predicted molar refractivity (Wildman–Crippen MR) is 50.7 cm³/mol. The average Bonchev–Trinajstić information content (AvgIpc) is 2.04. The van der Waals surface area contributed by atoms with Crippen LogP contribution in [0.2, 0.25) is 0 Å². The first-order valence-corrected chi connectivity index (χ1v) is 3.75. The molecule has 68 valence electrons. The van der Waals surface area contributed by atoms with E-state index in [1.807, 2.05) is 19.9 Å². The lowest BCUT2D eigenvalue weighted by Gasteiger charge is -2.06. The Morgan fingerprint density at radius 2 is 1.58 bits per heavy atom. The van der Waals surface area contributed by atoms with Gasteiger partial charge in [-0.1, -0.05) is 12.2 Å². The molecule has 0 aliphatic carbocycles. The van der Waals surface area contributed by atoms with Crippen LogP contribution in [-0.4, -0.2) is 14.2 Å². The molecular weight excluding hydrogens is 152 g/mol. The maximum atomic E-state index is 5.11. The number of rotatable bonds is 4. The summed E-state index contributed by atoms with van der Waals surface area (Å²) in [4.78, 5) is 0. The minimum absolute atomic E-state index is 0.652. The fourth-order valence-electron chi connectivity index (χ4n) is 0.777. The summed E-state index contributed by atoms with van der Waals surface area (Å²) in [6.07, 6.45) is 3.53. The van der Waals surface area contributed by atoms with Crippen molar-refractivity contribution in [3.63, 3.8) is 0 Å². The van der Waals surface area contributed by atoms with Gasteiger partial charge in [-0.25, -0.2) is 0 Å². The smallest absolute Gasteiger partial charge is 0.160 e. The molecule has 0 spiro atoms. The molecule has 0 fully saturated rings. The fraction of sp³-hybridized carbons (Fsp3) is 0.400. The topological polar surface area (TPSA) is 18.5 Å². The first kappa shape index (κ1) is 10.8. The van der Waals surface area contributed by atoms with Gasteiger partial charge in [0.05, 0.1) is 14.2 Å². The standard InChI is InChI=1S/C10H16O2/c1-6-9(11-4)10(12-5)7-8(2)3/h6-7H,1H2,2-5H3/b10-9-. The van der Waals surface area contributed by atoms with Crippen LogP contribution in [0.15, 0.2) is 35.8 Å². The van der Waals surface area contributed by atoms with E-state index < -0.39 is 0 Å². The van der Waals surface area contributed by atoms with Crippen molar-refractivity contribution in [1.29, 1.82) is 0 Å². The van der Waals surface area contributed by atoms with Crippen LogP contribution in [0.25, 0.3) is 0 Å². The van der Waals surface area contributed by atoms with Gasteiger partial charge in [0, 0.05) is 0 Å². The van der Waals surface area contributed by atoms with Crippen molar-refractivity contribution < 1.29 is 9.47 Å². The van der Waals surface area contributed by atoms with Crippen molar-refractivity contribution in [3.8, 4) is 0 Å². The molecule has 0 atom stereocenters. The number of methoxy groups -OCH3 is 2. The van der Waals surface area contributed by atoms with Gasteiger partial charge in [-0.05, 0) is 26.0 Å². The molecule has 2 nitrogen and oxygen atoms in total. The van der Waals surface area contributed by atoms with Crippen LogP contribution < -0.4 is 0 Å². The normalized spacial score (nSPS) is 11.3. The summed E-state index contributed by atoms with van der Waals surface area (Å²) < 4.78 is 10.2. The van der Waals surface area contributed by atoms with Crippen molar-refractivity contribution in [2.24, 2.45) is 0 Å². The van der Waals surface area contributed by atoms with E-state index in [9.17, 15) is 0 Å². The van der Waals surface area contributed by atoms with Crippen LogP contribution in [0.3, 0.4) is 0 Å². The Kier molecular flexibility index (Phi) is 4.93. The molecule has 0 aromatic carbocycles. The summed E-state index contributed by atoms with van der Waals surface area (Å²) in [6.45, 7) is 7.61. The number of hydrogen-bond acceptors (Lipinski definition) is 2. The highest BCUT2D eigenvalue weighted by atomic mass is 16.5. The second kappa shape index (κ2) is 5.47. The second-order valence-electron chi connectivity index (χ2n) is 2.56. The summed E-state index contributed by atoms with van der Waals surface area (Å²) in [7, 11) is 3.20. The molecule has 0 N–H and O–H groups in total. The van der Waals surface area contributed by atoms with E-state index in [1.54, 1.807) is 20.3 Å². The summed E-state index contributed by atoms with van der Waals surface area (Å²) in [6, 6.07) is 0. The Hall–Kier alpha value is -1.18. The lowest BCUT2D eigenvalue weighted by atomic mass is 10.2. The molecule has 0 amide bonds. The van der Waals surface area contributed by atoms with Crippen LogP contribution in [0, 0.1) is 0 Å². The molecule has 2 heteroatoms. The van der Waals surface area contributed by atoms with Crippen LogP contribution in [-0.2, 0) is 9.47 Å². The van der Waals surface area contributed by atoms with Crippen molar-refractivity contribution in [2.75, 3.05) is 14.2 Å². The maximum absolute atomic E-state index is 5.11. The number of allylic oxidation sites excluding steroid dienone is 3. The highest BCUT2D eigenvalue weighted by Gasteiger charge is 1.99. The zero-order chi connectivity index (χ0) is 9.56. The third-order valence-electron chi connectivity index (χ3n) is 1.29. The minimum atomic E-state index is 0.652. The molecule has 0 radical (unpaired) electrons. The highest BCUT2D eigenvalue weighted by molar-refractivity contribution is 5.25. The van der Waals surface area contributed by atoms with E-state index >= 15 is 0 Å². The highest BCUT2D eigenvalue weighted by Crippen LogP contribution is 2.10. The monoisotopic (exact) mass is 168 g/mol. The number of ether oxygens (including phenoxy) is 2. The van der Waals surface area contributed by atoms with Gasteiger partial charge >= 0.3 is 0 Å². The largest absolute Gasteiger partial charge is 0.493 e. The predicted octanol–water partition coefficient (Wildman–Crippen LogP) is 2.64. The van der Waals surface area contributed by atoms with E-state index in [0.29, 0.717) is 11.5 Å². The summed E-state index contributed by atoms with van der Waals surface area (Å²) >= 11 is 0. The van der Waals surface area contributed by atoms with Crippen molar-refractivity contribution >= 4 is 0 Å². The zero-order valence-electron chi connectivity index (χ0n) is 8.18. The van der Waals surface area contributed by atoms with Crippen LogP contribution in [0.4, 0.5) is 0 Å². The fourth-order valence-corrected chi connectivity index (χ4v) is 0.777. The summed E-state index contributed by atoms with van der Waals surface area (Å²) in [5.74, 6) is 1.35. The Morgan fingerprint density at radius 3 is 1.83 bits per heavy atom. The Balaban J connectivity index is 4.82. The molecule has 0 saturated carbocycles. The van der Waals surface area contributed by atoms with Gasteiger partial charge in [-0.15, -0.1) is 0 Å². The SMILES string of the molecule is C=C/C(OC)=C(\C=C(C)C)OC. The van der Waals surface area contributed by atoms with Gasteiger partial charge in [0.25, 0.3) is 0 Å². The molecule has 0 aliphatic heterocycles. The van der Waals surface area contributed by atoms with E-state index in [4.69, 9.17) is 9.47 Å². The van der Waals surface area contributed by atoms with Gasteiger partial charge in [-0.3, -0.25) is 0 Å². The molecule has 0 aromatic rings. The van der Waals surface area contributed by atoms with Gasteiger partial charge in [0.2, 0.25) is 0 Å². The van der Waals surface area contributed by atoms with Crippen LogP contribution in [0.1, 0.15) is 13.8 Å². The van der Waals surface area contributed by atoms with Gasteiger partial charge < -0.3 is 9.47 Å². The van der Waals surface area contributed by atoms with E-state index in [0.717, 1.165) is 5.57 Å². The van der Waals surface area contributed by atoms with E-state index in [2.05, 4.69) is 6.58 Å². The van der Waals surface area contributed by atoms with Gasteiger partial charge in [0.15, 0.2) is 11.5 Å². The minimum Gasteiger partial charge on any atom is -0.493 e. The third-order valence-corrected chi connectivity index (χ3v) is 1.29. The molecule has 0 unspecified atom stereocenters. The molecular formula is C10H16O2. The third kappa shape index (κ3) is 3.28. The van der Waals surface area contributed by atoms with Crippen molar-refractivity contribution in [1.82, 2.24) is 0 Å². The molecule has 0 aliphatic rings. The number of hydrogen-bond donors (Lipinski definition) is 0. The van der Waals surface area contributed by atoms with E-state index in [1.165, 1.54) is 0 Å². The summed E-state index contributed by atoms with van der Waals surface area (Å²) in [5.41, 5.74) is 1.16. The Bertz CT molecular complexity index is 208. The first-order chi connectivity index (χ1) is 5.65. The lowest BCUT2D eigenvalue weighted by molar-refractivity contribution is 0.241. The molecule has 0 heterocycles. The second-order valence-corrected chi connectivity index (χ2v) is 2.56. The average molecular weight is 168 g/mol. The lowest BCUT2D eigenvalue weighted by Crippen LogP contribution is -1.92. The molecule has 12 heavy (non-hydrogen) atoms. The maximum Gasteiger partial charge on any atom is 0.160 e. The summed E-state index contributed by atoms with van der Waals surface area (Å²) in [5, 5.41) is 0.